The Morgan fingerprint density at radius 1 is 1.15 bits per heavy atom. The van der Waals surface area contributed by atoms with E-state index in [4.69, 9.17) is 17.3 Å². The summed E-state index contributed by atoms with van der Waals surface area (Å²) in [6.07, 6.45) is 0. The molecule has 4 heteroatoms. The molecule has 0 aliphatic heterocycles. The number of halogens is 1. The van der Waals surface area contributed by atoms with Gasteiger partial charge in [0.25, 0.3) is 0 Å². The van der Waals surface area contributed by atoms with Gasteiger partial charge in [-0.15, -0.1) is 11.8 Å². The summed E-state index contributed by atoms with van der Waals surface area (Å²) in [4.78, 5) is 13.6. The molecule has 0 unspecified atom stereocenters. The molecule has 0 aromatic heterocycles. The first-order valence-electron chi connectivity index (χ1n) is 6.34. The fourth-order valence-electron chi connectivity index (χ4n) is 1.89. The monoisotopic (exact) mass is 305 g/mol. The van der Waals surface area contributed by atoms with Crippen molar-refractivity contribution in [3.63, 3.8) is 0 Å². The van der Waals surface area contributed by atoms with E-state index >= 15 is 0 Å². The zero-order valence-electron chi connectivity index (χ0n) is 11.4. The lowest BCUT2D eigenvalue weighted by molar-refractivity contribution is 0.103. The quantitative estimate of drug-likeness (QED) is 0.508. The van der Waals surface area contributed by atoms with Crippen LogP contribution in [-0.4, -0.2) is 11.0 Å². The summed E-state index contributed by atoms with van der Waals surface area (Å²) in [6.45, 7) is 4.18. The number of para-hydroxylation sites is 1. The Bertz CT molecular complexity index is 640. The maximum absolute atomic E-state index is 12.7. The SMILES string of the molecule is CC(C)Sc1ccc(Cl)cc1C(=O)c1ccccc1N. The third-order valence-corrected chi connectivity index (χ3v) is 4.07. The minimum atomic E-state index is -0.0891. The molecule has 104 valence electrons. The Balaban J connectivity index is 2.48. The van der Waals surface area contributed by atoms with E-state index in [1.807, 2.05) is 18.2 Å². The molecule has 2 aromatic carbocycles. The molecular formula is C16H16ClNOS. The standard InChI is InChI=1S/C16H16ClNOS/c1-10(2)20-15-8-7-11(17)9-13(15)16(19)12-5-3-4-6-14(12)18/h3-10H,18H2,1-2H3. The van der Waals surface area contributed by atoms with Crippen LogP contribution in [0.15, 0.2) is 47.4 Å². The van der Waals surface area contributed by atoms with Crippen LogP contribution in [0.2, 0.25) is 5.02 Å². The first-order valence-corrected chi connectivity index (χ1v) is 7.60. The summed E-state index contributed by atoms with van der Waals surface area (Å²) in [5.41, 5.74) is 7.49. The fourth-order valence-corrected chi connectivity index (χ4v) is 2.99. The highest BCUT2D eigenvalue weighted by atomic mass is 35.5. The van der Waals surface area contributed by atoms with E-state index in [-0.39, 0.29) is 5.78 Å². The number of carbonyl (C=O) groups is 1. The lowest BCUT2D eigenvalue weighted by Crippen LogP contribution is -2.07. The van der Waals surface area contributed by atoms with Crippen molar-refractivity contribution >= 4 is 34.8 Å². The van der Waals surface area contributed by atoms with Crippen LogP contribution in [0.4, 0.5) is 5.69 Å². The maximum atomic E-state index is 12.7. The van der Waals surface area contributed by atoms with Gasteiger partial charge in [0.2, 0.25) is 0 Å². The summed E-state index contributed by atoms with van der Waals surface area (Å²) in [6, 6.07) is 12.5. The van der Waals surface area contributed by atoms with Crippen molar-refractivity contribution in [2.75, 3.05) is 5.73 Å². The molecule has 0 radical (unpaired) electrons. The van der Waals surface area contributed by atoms with Gasteiger partial charge < -0.3 is 5.73 Å². The molecule has 0 aliphatic carbocycles. The number of ketones is 1. The van der Waals surface area contributed by atoms with Crippen LogP contribution in [0.25, 0.3) is 0 Å². The van der Waals surface area contributed by atoms with Crippen molar-refractivity contribution in [1.29, 1.82) is 0 Å². The number of carbonyl (C=O) groups excluding carboxylic acids is 1. The van der Waals surface area contributed by atoms with E-state index in [1.54, 1.807) is 36.0 Å². The van der Waals surface area contributed by atoms with E-state index in [1.165, 1.54) is 0 Å². The predicted molar refractivity (Wildman–Crippen MR) is 86.7 cm³/mol. The van der Waals surface area contributed by atoms with E-state index in [0.717, 1.165) is 4.90 Å². The van der Waals surface area contributed by atoms with Gasteiger partial charge in [-0.3, -0.25) is 4.79 Å². The second-order valence-corrected chi connectivity index (χ2v) is 6.78. The Morgan fingerprint density at radius 3 is 2.50 bits per heavy atom. The van der Waals surface area contributed by atoms with Crippen LogP contribution < -0.4 is 5.73 Å². The second kappa shape index (κ2) is 6.33. The van der Waals surface area contributed by atoms with Crippen LogP contribution in [0.3, 0.4) is 0 Å². The summed E-state index contributed by atoms with van der Waals surface area (Å²) in [5, 5.41) is 0.937. The molecule has 0 atom stereocenters. The summed E-state index contributed by atoms with van der Waals surface area (Å²) in [7, 11) is 0. The van der Waals surface area contributed by atoms with E-state index in [2.05, 4.69) is 13.8 Å². The number of nitrogens with two attached hydrogens (primary N) is 1. The number of hydrogen-bond acceptors (Lipinski definition) is 3. The van der Waals surface area contributed by atoms with Gasteiger partial charge in [-0.25, -0.2) is 0 Å². The fraction of sp³-hybridized carbons (Fsp3) is 0.188. The molecule has 0 bridgehead atoms. The molecule has 0 saturated heterocycles. The minimum Gasteiger partial charge on any atom is -0.398 e. The number of rotatable bonds is 4. The lowest BCUT2D eigenvalue weighted by Gasteiger charge is -2.12. The average molecular weight is 306 g/mol. The molecule has 0 saturated carbocycles. The maximum Gasteiger partial charge on any atom is 0.196 e. The Kier molecular flexibility index (Phi) is 4.73. The molecular weight excluding hydrogens is 290 g/mol. The molecule has 0 spiro atoms. The van der Waals surface area contributed by atoms with Crippen molar-refractivity contribution in [2.45, 2.75) is 24.0 Å². The number of thioether (sulfide) groups is 1. The van der Waals surface area contributed by atoms with Gasteiger partial charge in [0, 0.05) is 32.0 Å². The second-order valence-electron chi connectivity index (χ2n) is 4.72. The van der Waals surface area contributed by atoms with Gasteiger partial charge in [0.05, 0.1) is 0 Å². The van der Waals surface area contributed by atoms with Crippen molar-refractivity contribution in [3.8, 4) is 0 Å². The topological polar surface area (TPSA) is 43.1 Å². The first kappa shape index (κ1) is 14.9. The molecule has 0 heterocycles. The van der Waals surface area contributed by atoms with E-state index < -0.39 is 0 Å². The largest absolute Gasteiger partial charge is 0.398 e. The predicted octanol–water partition coefficient (Wildman–Crippen LogP) is 4.65. The highest BCUT2D eigenvalue weighted by molar-refractivity contribution is 8.00. The average Bonchev–Trinajstić information content (AvgIpc) is 2.40. The van der Waals surface area contributed by atoms with Crippen molar-refractivity contribution in [1.82, 2.24) is 0 Å². The van der Waals surface area contributed by atoms with Crippen LogP contribution in [0, 0.1) is 0 Å². The van der Waals surface area contributed by atoms with Crippen LogP contribution >= 0.6 is 23.4 Å². The minimum absolute atomic E-state index is 0.0891. The van der Waals surface area contributed by atoms with Gasteiger partial charge in [0.1, 0.15) is 0 Å². The Hall–Kier alpha value is -1.45. The molecule has 2 N–H and O–H groups in total. The van der Waals surface area contributed by atoms with Gasteiger partial charge in [-0.2, -0.15) is 0 Å². The highest BCUT2D eigenvalue weighted by Crippen LogP contribution is 2.31. The lowest BCUT2D eigenvalue weighted by atomic mass is 10.0. The summed E-state index contributed by atoms with van der Waals surface area (Å²) < 4.78 is 0. The van der Waals surface area contributed by atoms with Gasteiger partial charge >= 0.3 is 0 Å². The van der Waals surface area contributed by atoms with Crippen LogP contribution in [-0.2, 0) is 0 Å². The molecule has 0 amide bonds. The van der Waals surface area contributed by atoms with Crippen LogP contribution in [0.5, 0.6) is 0 Å². The normalized spacial score (nSPS) is 10.8. The van der Waals surface area contributed by atoms with Gasteiger partial charge in [0.15, 0.2) is 5.78 Å². The van der Waals surface area contributed by atoms with E-state index in [9.17, 15) is 4.79 Å². The number of hydrogen-bond donors (Lipinski definition) is 1. The molecule has 20 heavy (non-hydrogen) atoms. The third-order valence-electron chi connectivity index (χ3n) is 2.75. The zero-order chi connectivity index (χ0) is 14.7. The van der Waals surface area contributed by atoms with Crippen LogP contribution in [0.1, 0.15) is 29.8 Å². The molecule has 2 nitrogen and oxygen atoms in total. The molecule has 0 fully saturated rings. The number of anilines is 1. The Morgan fingerprint density at radius 2 is 1.85 bits per heavy atom. The Labute approximate surface area is 128 Å². The smallest absolute Gasteiger partial charge is 0.196 e. The van der Waals surface area contributed by atoms with Crippen molar-refractivity contribution < 1.29 is 4.79 Å². The highest BCUT2D eigenvalue weighted by Gasteiger charge is 2.17. The van der Waals surface area contributed by atoms with Crippen molar-refractivity contribution in [2.24, 2.45) is 0 Å². The van der Waals surface area contributed by atoms with Crippen molar-refractivity contribution in [3.05, 3.63) is 58.6 Å². The summed E-state index contributed by atoms with van der Waals surface area (Å²) >= 11 is 7.67. The van der Waals surface area contributed by atoms with Gasteiger partial charge in [-0.1, -0.05) is 37.6 Å². The molecule has 2 aromatic rings. The zero-order valence-corrected chi connectivity index (χ0v) is 13.0. The van der Waals surface area contributed by atoms with Gasteiger partial charge in [-0.05, 0) is 30.3 Å². The summed E-state index contributed by atoms with van der Waals surface area (Å²) in [5.74, 6) is -0.0891. The number of benzene rings is 2. The molecule has 0 aliphatic rings. The third kappa shape index (κ3) is 3.35. The first-order chi connectivity index (χ1) is 9.49. The van der Waals surface area contributed by atoms with E-state index in [0.29, 0.717) is 27.1 Å². The number of nitrogen functional groups attached to an aromatic ring is 1. The molecule has 2 rings (SSSR count).